The van der Waals surface area contributed by atoms with E-state index >= 15 is 0 Å². The molecule has 0 fully saturated rings. The lowest BCUT2D eigenvalue weighted by atomic mass is 10.5. The largest absolute Gasteiger partial charge is 0.287 e. The van der Waals surface area contributed by atoms with Crippen LogP contribution in [0.1, 0.15) is 0 Å². The van der Waals surface area contributed by atoms with E-state index in [9.17, 15) is 4.79 Å². The Balaban J connectivity index is 3.13. The first kappa shape index (κ1) is 11.9. The van der Waals surface area contributed by atoms with Crippen LogP contribution < -0.4 is 5.56 Å². The number of aromatic nitrogens is 2. The Bertz CT molecular complexity index is 426. The van der Waals surface area contributed by atoms with Crippen molar-refractivity contribution in [2.45, 2.75) is 6.54 Å². The maximum absolute atomic E-state index is 11.4. The van der Waals surface area contributed by atoms with Gasteiger partial charge < -0.3 is 0 Å². The monoisotopic (exact) mass is 272 g/mol. The molecule has 0 aliphatic heterocycles. The van der Waals surface area contributed by atoms with Gasteiger partial charge in [0, 0.05) is 5.54 Å². The minimum absolute atomic E-state index is 0.0702. The zero-order chi connectivity index (χ0) is 10.7. The Hall–Kier alpha value is -0.220. The van der Waals surface area contributed by atoms with E-state index in [1.807, 2.05) is 0 Å². The zero-order valence-electron chi connectivity index (χ0n) is 6.68. The molecule has 0 amide bonds. The summed E-state index contributed by atoms with van der Waals surface area (Å²) in [5.74, 6) is 0. The summed E-state index contributed by atoms with van der Waals surface area (Å²) in [5, 5.41) is 4.04. The number of halogens is 4. The van der Waals surface area contributed by atoms with Crippen LogP contribution >= 0.6 is 46.4 Å². The molecule has 0 spiro atoms. The topological polar surface area (TPSA) is 34.9 Å². The molecule has 0 aromatic carbocycles. The van der Waals surface area contributed by atoms with Crippen molar-refractivity contribution in [2.24, 2.45) is 0 Å². The fourth-order valence-corrected chi connectivity index (χ4v) is 1.19. The lowest BCUT2D eigenvalue weighted by Crippen LogP contribution is -2.23. The molecular formula is C7H4Cl4N2O. The van der Waals surface area contributed by atoms with E-state index < -0.39 is 5.56 Å². The summed E-state index contributed by atoms with van der Waals surface area (Å²) in [5.41, 5.74) is 0.647. The number of hydrogen-bond donors (Lipinski definition) is 0. The van der Waals surface area contributed by atoms with Crippen LogP contribution in [0, 0.1) is 0 Å². The van der Waals surface area contributed by atoms with Gasteiger partial charge in [-0.1, -0.05) is 46.4 Å². The Labute approximate surface area is 99.8 Å². The molecule has 0 aliphatic rings. The fourth-order valence-electron chi connectivity index (χ4n) is 0.735. The zero-order valence-corrected chi connectivity index (χ0v) is 9.70. The molecule has 0 unspecified atom stereocenters. The van der Waals surface area contributed by atoms with Gasteiger partial charge in [-0.3, -0.25) is 4.79 Å². The quantitative estimate of drug-likeness (QED) is 0.831. The van der Waals surface area contributed by atoms with Gasteiger partial charge in [-0.25, -0.2) is 4.68 Å². The van der Waals surface area contributed by atoms with E-state index in [1.165, 1.54) is 6.20 Å². The first-order valence-electron chi connectivity index (χ1n) is 3.42. The number of hydrogen-bond acceptors (Lipinski definition) is 2. The van der Waals surface area contributed by atoms with E-state index in [4.69, 9.17) is 46.4 Å². The minimum Gasteiger partial charge on any atom is -0.266 e. The SMILES string of the molecule is O=c1c(Cl)c(Cl)cnn1CC(Cl)=CCl. The lowest BCUT2D eigenvalue weighted by molar-refractivity contribution is 0.646. The first-order chi connectivity index (χ1) is 6.56. The summed E-state index contributed by atoms with van der Waals surface area (Å²) < 4.78 is 1.06. The van der Waals surface area contributed by atoms with Crippen LogP contribution in [-0.2, 0) is 6.54 Å². The molecule has 1 rings (SSSR count). The van der Waals surface area contributed by atoms with Crippen LogP contribution in [0.5, 0.6) is 0 Å². The van der Waals surface area contributed by atoms with Gasteiger partial charge in [0.1, 0.15) is 5.02 Å². The molecule has 0 bridgehead atoms. The highest BCUT2D eigenvalue weighted by Crippen LogP contribution is 2.15. The van der Waals surface area contributed by atoms with Crippen molar-refractivity contribution < 1.29 is 0 Å². The maximum atomic E-state index is 11.4. The van der Waals surface area contributed by atoms with Crippen molar-refractivity contribution in [1.29, 1.82) is 0 Å². The predicted molar refractivity (Wildman–Crippen MR) is 58.3 cm³/mol. The smallest absolute Gasteiger partial charge is 0.266 e. The summed E-state index contributed by atoms with van der Waals surface area (Å²) in [6, 6.07) is 0. The number of rotatable bonds is 2. The van der Waals surface area contributed by atoms with Gasteiger partial charge in [-0.2, -0.15) is 5.10 Å². The summed E-state index contributed by atoms with van der Waals surface area (Å²) >= 11 is 22.1. The van der Waals surface area contributed by atoms with Crippen molar-refractivity contribution in [3.63, 3.8) is 0 Å². The van der Waals surface area contributed by atoms with E-state index in [0.29, 0.717) is 0 Å². The van der Waals surface area contributed by atoms with Crippen LogP contribution in [0.25, 0.3) is 0 Å². The molecule has 0 radical (unpaired) electrons. The van der Waals surface area contributed by atoms with Gasteiger partial charge in [0.2, 0.25) is 0 Å². The molecule has 0 saturated heterocycles. The average molecular weight is 274 g/mol. The van der Waals surface area contributed by atoms with Crippen LogP contribution in [0.4, 0.5) is 0 Å². The second-order valence-electron chi connectivity index (χ2n) is 2.33. The van der Waals surface area contributed by atoms with Crippen molar-refractivity contribution >= 4 is 46.4 Å². The molecule has 0 aliphatic carbocycles. The normalized spacial score (nSPS) is 11.9. The Morgan fingerprint density at radius 2 is 2.21 bits per heavy atom. The van der Waals surface area contributed by atoms with E-state index in [1.54, 1.807) is 0 Å². The Morgan fingerprint density at radius 1 is 1.57 bits per heavy atom. The molecule has 0 N–H and O–H groups in total. The number of allylic oxidation sites excluding steroid dienone is 1. The molecule has 1 aromatic rings. The van der Waals surface area contributed by atoms with Gasteiger partial charge in [0.25, 0.3) is 5.56 Å². The van der Waals surface area contributed by atoms with Crippen molar-refractivity contribution in [3.8, 4) is 0 Å². The summed E-state index contributed by atoms with van der Waals surface area (Å²) in [4.78, 5) is 11.4. The molecule has 0 saturated carbocycles. The maximum Gasteiger partial charge on any atom is 0.287 e. The highest BCUT2D eigenvalue weighted by Gasteiger charge is 2.07. The predicted octanol–water partition coefficient (Wildman–Crippen LogP) is 2.87. The standard InChI is InChI=1S/C7H4Cl4N2O/c8-1-4(9)3-13-7(14)6(11)5(10)2-12-13/h1-2H,3H2. The van der Waals surface area contributed by atoms with Gasteiger partial charge >= 0.3 is 0 Å². The van der Waals surface area contributed by atoms with Crippen molar-refractivity contribution in [2.75, 3.05) is 0 Å². The van der Waals surface area contributed by atoms with Gasteiger partial charge in [-0.05, 0) is 0 Å². The van der Waals surface area contributed by atoms with Crippen LogP contribution in [0.3, 0.4) is 0 Å². The molecule has 7 heteroatoms. The van der Waals surface area contributed by atoms with Crippen LogP contribution in [-0.4, -0.2) is 9.78 Å². The van der Waals surface area contributed by atoms with E-state index in [2.05, 4.69) is 5.10 Å². The molecule has 0 atom stereocenters. The second kappa shape index (κ2) is 5.03. The molecule has 1 aromatic heterocycles. The molecule has 76 valence electrons. The Morgan fingerprint density at radius 3 is 2.79 bits per heavy atom. The lowest BCUT2D eigenvalue weighted by Gasteiger charge is -2.03. The van der Waals surface area contributed by atoms with Gasteiger partial charge in [0.05, 0.1) is 22.8 Å². The molecule has 3 nitrogen and oxygen atoms in total. The van der Waals surface area contributed by atoms with Crippen molar-refractivity contribution in [1.82, 2.24) is 9.78 Å². The van der Waals surface area contributed by atoms with Crippen LogP contribution in [0.2, 0.25) is 10.0 Å². The van der Waals surface area contributed by atoms with Crippen molar-refractivity contribution in [3.05, 3.63) is 37.2 Å². The van der Waals surface area contributed by atoms with E-state index in [-0.39, 0.29) is 21.6 Å². The Kier molecular flexibility index (Phi) is 4.26. The summed E-state index contributed by atoms with van der Waals surface area (Å²) in [6.45, 7) is 0.0702. The third kappa shape index (κ3) is 2.64. The minimum atomic E-state index is -0.504. The van der Waals surface area contributed by atoms with Gasteiger partial charge in [-0.15, -0.1) is 0 Å². The summed E-state index contributed by atoms with van der Waals surface area (Å²) in [7, 11) is 0. The number of nitrogens with zero attached hydrogens (tertiary/aromatic N) is 2. The molecular weight excluding hydrogens is 270 g/mol. The molecule has 14 heavy (non-hydrogen) atoms. The second-order valence-corrected chi connectivity index (χ2v) is 3.81. The third-order valence-corrected chi connectivity index (χ3v) is 2.71. The highest BCUT2D eigenvalue weighted by atomic mass is 35.5. The summed E-state index contributed by atoms with van der Waals surface area (Å²) in [6.07, 6.45) is 1.27. The van der Waals surface area contributed by atoms with Gasteiger partial charge in [0.15, 0.2) is 0 Å². The highest BCUT2D eigenvalue weighted by molar-refractivity contribution is 6.41. The molecule has 1 heterocycles. The van der Waals surface area contributed by atoms with E-state index in [0.717, 1.165) is 10.2 Å². The average Bonchev–Trinajstić information content (AvgIpc) is 2.19. The fraction of sp³-hybridized carbons (Fsp3) is 0.143. The van der Waals surface area contributed by atoms with Crippen LogP contribution in [0.15, 0.2) is 21.6 Å². The third-order valence-electron chi connectivity index (χ3n) is 1.36. The first-order valence-corrected chi connectivity index (χ1v) is 4.99.